The maximum atomic E-state index is 12.3. The lowest BCUT2D eigenvalue weighted by Crippen LogP contribution is -2.47. The Morgan fingerprint density at radius 3 is 2.46 bits per heavy atom. The van der Waals surface area contributed by atoms with Crippen molar-refractivity contribution in [2.75, 3.05) is 32.7 Å². The predicted molar refractivity (Wildman–Crippen MR) is 98.7 cm³/mol. The van der Waals surface area contributed by atoms with Gasteiger partial charge in [0, 0.05) is 50.1 Å². The summed E-state index contributed by atoms with van der Waals surface area (Å²) in [5, 5.41) is 3.22. The highest BCUT2D eigenvalue weighted by Gasteiger charge is 2.61. The van der Waals surface area contributed by atoms with E-state index in [0.29, 0.717) is 23.3 Å². The van der Waals surface area contributed by atoms with Crippen molar-refractivity contribution >= 4 is 12.0 Å². The van der Waals surface area contributed by atoms with Crippen LogP contribution in [0.15, 0.2) is 0 Å². The third kappa shape index (κ3) is 4.00. The van der Waals surface area contributed by atoms with Gasteiger partial charge in [0.1, 0.15) is 5.60 Å². The summed E-state index contributed by atoms with van der Waals surface area (Å²) < 4.78 is 5.53. The van der Waals surface area contributed by atoms with Crippen molar-refractivity contribution in [2.45, 2.75) is 64.5 Å². The lowest BCUT2D eigenvalue weighted by molar-refractivity contribution is -0.123. The van der Waals surface area contributed by atoms with Gasteiger partial charge >= 0.3 is 6.09 Å². The predicted octanol–water partition coefficient (Wildman–Crippen LogP) is 2.23. The van der Waals surface area contributed by atoms with Gasteiger partial charge in [-0.3, -0.25) is 4.79 Å². The summed E-state index contributed by atoms with van der Waals surface area (Å²) in [6.45, 7) is 10.6. The maximum Gasteiger partial charge on any atom is 0.410 e. The molecule has 146 valence electrons. The summed E-state index contributed by atoms with van der Waals surface area (Å²) in [6, 6.07) is 0.355. The first-order valence-corrected chi connectivity index (χ1v) is 10.2. The van der Waals surface area contributed by atoms with E-state index in [9.17, 15) is 9.59 Å². The van der Waals surface area contributed by atoms with Crippen molar-refractivity contribution in [1.82, 2.24) is 15.1 Å². The number of fused-ring (bicyclic) bond motifs is 1. The summed E-state index contributed by atoms with van der Waals surface area (Å²) in [7, 11) is 0. The largest absolute Gasteiger partial charge is 0.444 e. The van der Waals surface area contributed by atoms with E-state index in [2.05, 4.69) is 10.2 Å². The molecule has 0 unspecified atom stereocenters. The first-order valence-electron chi connectivity index (χ1n) is 10.2. The summed E-state index contributed by atoms with van der Waals surface area (Å²) in [5.41, 5.74) is -0.134. The van der Waals surface area contributed by atoms with Crippen LogP contribution in [-0.2, 0) is 9.53 Å². The van der Waals surface area contributed by atoms with Crippen molar-refractivity contribution in [3.63, 3.8) is 0 Å². The van der Waals surface area contributed by atoms with E-state index in [1.54, 1.807) is 0 Å². The summed E-state index contributed by atoms with van der Waals surface area (Å²) in [4.78, 5) is 28.7. The topological polar surface area (TPSA) is 61.9 Å². The molecule has 4 aliphatic rings. The Bertz CT molecular complexity index is 575. The Kier molecular flexibility index (Phi) is 4.45. The van der Waals surface area contributed by atoms with Gasteiger partial charge in [0.05, 0.1) is 0 Å². The number of ether oxygens (including phenoxy) is 1. The molecule has 0 aromatic heterocycles. The highest BCUT2D eigenvalue weighted by molar-refractivity contribution is 5.81. The van der Waals surface area contributed by atoms with Crippen LogP contribution in [0.4, 0.5) is 4.79 Å². The molecule has 0 aromatic rings. The van der Waals surface area contributed by atoms with Crippen molar-refractivity contribution in [3.8, 4) is 0 Å². The van der Waals surface area contributed by atoms with Gasteiger partial charge in [-0.15, -0.1) is 0 Å². The quantitative estimate of drug-likeness (QED) is 0.832. The Balaban J connectivity index is 1.22. The smallest absolute Gasteiger partial charge is 0.410 e. The van der Waals surface area contributed by atoms with Gasteiger partial charge in [0.2, 0.25) is 5.91 Å². The molecule has 2 aliphatic carbocycles. The van der Waals surface area contributed by atoms with Gasteiger partial charge in [0.25, 0.3) is 0 Å². The number of carbonyl (C=O) groups is 2. The first kappa shape index (κ1) is 18.1. The van der Waals surface area contributed by atoms with Crippen LogP contribution < -0.4 is 5.32 Å². The summed E-state index contributed by atoms with van der Waals surface area (Å²) in [5.74, 6) is 1.21. The minimum atomic E-state index is -0.427. The van der Waals surface area contributed by atoms with Crippen LogP contribution in [0.25, 0.3) is 0 Å². The number of nitrogens with zero attached hydrogens (tertiary/aromatic N) is 2. The fourth-order valence-electron chi connectivity index (χ4n) is 4.65. The molecule has 6 nitrogen and oxygen atoms in total. The van der Waals surface area contributed by atoms with E-state index in [4.69, 9.17) is 4.74 Å². The number of hydrogen-bond acceptors (Lipinski definition) is 4. The molecule has 2 heterocycles. The Hall–Kier alpha value is -1.30. The van der Waals surface area contributed by atoms with Crippen LogP contribution in [0.2, 0.25) is 0 Å². The van der Waals surface area contributed by atoms with Gasteiger partial charge < -0.3 is 19.9 Å². The number of likely N-dealkylation sites (tertiary alicyclic amines) is 2. The number of amides is 2. The molecule has 2 amide bonds. The molecule has 26 heavy (non-hydrogen) atoms. The van der Waals surface area contributed by atoms with Crippen molar-refractivity contribution < 1.29 is 14.3 Å². The number of nitrogens with one attached hydrogen (secondary N) is 1. The number of hydrogen-bond donors (Lipinski definition) is 1. The van der Waals surface area contributed by atoms with Crippen LogP contribution in [-0.4, -0.2) is 66.2 Å². The van der Waals surface area contributed by atoms with E-state index in [1.165, 1.54) is 6.42 Å². The molecule has 0 spiro atoms. The monoisotopic (exact) mass is 363 g/mol. The van der Waals surface area contributed by atoms with E-state index in [0.717, 1.165) is 58.4 Å². The summed E-state index contributed by atoms with van der Waals surface area (Å²) in [6.07, 6.45) is 5.32. The van der Waals surface area contributed by atoms with E-state index in [-0.39, 0.29) is 12.0 Å². The van der Waals surface area contributed by atoms with Crippen LogP contribution in [0.3, 0.4) is 0 Å². The van der Waals surface area contributed by atoms with Crippen LogP contribution in [0.1, 0.15) is 52.9 Å². The van der Waals surface area contributed by atoms with E-state index in [1.807, 2.05) is 25.7 Å². The van der Waals surface area contributed by atoms with Gasteiger partial charge in [-0.1, -0.05) is 0 Å². The molecule has 0 bridgehead atoms. The Morgan fingerprint density at radius 2 is 1.85 bits per heavy atom. The second kappa shape index (κ2) is 6.39. The molecule has 2 aliphatic heterocycles. The highest BCUT2D eigenvalue weighted by Crippen LogP contribution is 2.58. The van der Waals surface area contributed by atoms with Gasteiger partial charge in [-0.25, -0.2) is 4.79 Å². The van der Waals surface area contributed by atoms with E-state index < -0.39 is 5.60 Å². The molecule has 1 N–H and O–H groups in total. The average Bonchev–Trinajstić information content (AvgIpc) is 3.46. The van der Waals surface area contributed by atoms with Gasteiger partial charge in [0.15, 0.2) is 0 Å². The molecule has 4 rings (SSSR count). The molecule has 2 atom stereocenters. The molecule has 6 heteroatoms. The van der Waals surface area contributed by atoms with Crippen LogP contribution >= 0.6 is 0 Å². The minimum Gasteiger partial charge on any atom is -0.444 e. The molecule has 0 radical (unpaired) electrons. The van der Waals surface area contributed by atoms with Crippen molar-refractivity contribution in [2.24, 2.45) is 17.3 Å². The van der Waals surface area contributed by atoms with Crippen molar-refractivity contribution in [1.29, 1.82) is 0 Å². The molecule has 0 aromatic carbocycles. The second-order valence-electron chi connectivity index (χ2n) is 9.96. The minimum absolute atomic E-state index is 0.162. The Morgan fingerprint density at radius 1 is 1.15 bits per heavy atom. The van der Waals surface area contributed by atoms with Crippen LogP contribution in [0, 0.1) is 17.3 Å². The maximum absolute atomic E-state index is 12.3. The Labute approximate surface area is 156 Å². The molecule has 4 fully saturated rings. The molecule has 2 saturated heterocycles. The first-order chi connectivity index (χ1) is 12.2. The standard InChI is InChI=1S/C20H33N3O3/c1-19(2,3)26-18(25)23-11-15-10-20(15,13-23)12-22-8-6-16(7-9-22)21-17(24)14-4-5-14/h14-16H,4-13H2,1-3H3,(H,21,24)/t15-,20+/m0/s1. The van der Waals surface area contributed by atoms with E-state index >= 15 is 0 Å². The zero-order valence-corrected chi connectivity index (χ0v) is 16.4. The van der Waals surface area contributed by atoms with Gasteiger partial charge in [-0.2, -0.15) is 0 Å². The molecular formula is C20H33N3O3. The average molecular weight is 364 g/mol. The SMILES string of the molecule is CC(C)(C)OC(=O)N1C[C@@H]2C[C@@]2(CN2CCC(NC(=O)C3CC3)CC2)C1. The third-order valence-electron chi connectivity index (χ3n) is 6.38. The van der Waals surface area contributed by atoms with Crippen LogP contribution in [0.5, 0.6) is 0 Å². The zero-order valence-electron chi connectivity index (χ0n) is 16.4. The molecular weight excluding hydrogens is 330 g/mol. The zero-order chi connectivity index (χ0) is 18.5. The highest BCUT2D eigenvalue weighted by atomic mass is 16.6. The lowest BCUT2D eigenvalue weighted by atomic mass is 10.0. The van der Waals surface area contributed by atoms with Gasteiger partial charge in [-0.05, 0) is 58.8 Å². The summed E-state index contributed by atoms with van der Waals surface area (Å²) >= 11 is 0. The van der Waals surface area contributed by atoms with Crippen molar-refractivity contribution in [3.05, 3.63) is 0 Å². The fourth-order valence-corrected chi connectivity index (χ4v) is 4.65. The number of piperidine rings is 2. The number of carbonyl (C=O) groups excluding carboxylic acids is 2. The lowest BCUT2D eigenvalue weighted by Gasteiger charge is -2.35. The normalized spacial score (nSPS) is 32.3. The molecule has 2 saturated carbocycles. The number of rotatable bonds is 4. The fraction of sp³-hybridized carbons (Fsp3) is 0.900. The third-order valence-corrected chi connectivity index (χ3v) is 6.38. The second-order valence-corrected chi connectivity index (χ2v) is 9.96.